The van der Waals surface area contributed by atoms with Gasteiger partial charge in [0.1, 0.15) is 6.54 Å². The van der Waals surface area contributed by atoms with Crippen LogP contribution in [0.3, 0.4) is 0 Å². The number of rotatable bonds is 4. The van der Waals surface area contributed by atoms with E-state index in [1.165, 1.54) is 10.9 Å². The second-order valence-corrected chi connectivity index (χ2v) is 6.29. The van der Waals surface area contributed by atoms with Crippen molar-refractivity contribution in [1.29, 1.82) is 0 Å². The van der Waals surface area contributed by atoms with Gasteiger partial charge in [-0.25, -0.2) is 4.98 Å². The molecule has 1 heterocycles. The number of amides is 1. The minimum atomic E-state index is -0.266. The van der Waals surface area contributed by atoms with E-state index in [-0.39, 0.29) is 18.0 Å². The standard InChI is InChI=1S/C19H18ClN3O2/c1-3-13-6-4-5-12(2)18(13)22-17(24)10-23-11-21-16-9-14(20)7-8-15(16)19(23)25/h4-9,11H,3,10H2,1-2H3,(H,22,24). The molecule has 2 aromatic carbocycles. The van der Waals surface area contributed by atoms with Crippen LogP contribution in [0.5, 0.6) is 0 Å². The van der Waals surface area contributed by atoms with Gasteiger partial charge in [-0.2, -0.15) is 0 Å². The van der Waals surface area contributed by atoms with Crippen molar-refractivity contribution in [3.8, 4) is 0 Å². The largest absolute Gasteiger partial charge is 0.324 e. The van der Waals surface area contributed by atoms with Crippen LogP contribution in [0, 0.1) is 6.92 Å². The normalized spacial score (nSPS) is 10.8. The monoisotopic (exact) mass is 355 g/mol. The zero-order chi connectivity index (χ0) is 18.0. The van der Waals surface area contributed by atoms with Crippen molar-refractivity contribution in [1.82, 2.24) is 9.55 Å². The van der Waals surface area contributed by atoms with Gasteiger partial charge in [0.25, 0.3) is 5.56 Å². The van der Waals surface area contributed by atoms with Gasteiger partial charge in [-0.1, -0.05) is 36.7 Å². The summed E-state index contributed by atoms with van der Waals surface area (Å²) in [6, 6.07) is 10.8. The fraction of sp³-hybridized carbons (Fsp3) is 0.211. The molecule has 128 valence electrons. The van der Waals surface area contributed by atoms with E-state index in [1.807, 2.05) is 32.0 Å². The summed E-state index contributed by atoms with van der Waals surface area (Å²) in [5, 5.41) is 3.87. The SMILES string of the molecule is CCc1cccc(C)c1NC(=O)Cn1cnc2cc(Cl)ccc2c1=O. The van der Waals surface area contributed by atoms with Crippen LogP contribution in [0.15, 0.2) is 47.5 Å². The molecule has 1 aromatic heterocycles. The van der Waals surface area contributed by atoms with Crippen molar-refractivity contribution >= 4 is 34.1 Å². The van der Waals surface area contributed by atoms with E-state index in [4.69, 9.17) is 11.6 Å². The molecule has 0 aliphatic rings. The number of benzene rings is 2. The molecule has 0 saturated carbocycles. The number of aromatic nitrogens is 2. The van der Waals surface area contributed by atoms with Crippen LogP contribution in [0.2, 0.25) is 5.02 Å². The van der Waals surface area contributed by atoms with Crippen LogP contribution >= 0.6 is 11.6 Å². The Morgan fingerprint density at radius 3 is 2.84 bits per heavy atom. The fourth-order valence-corrected chi connectivity index (χ4v) is 2.95. The molecule has 0 spiro atoms. The molecule has 25 heavy (non-hydrogen) atoms. The van der Waals surface area contributed by atoms with Gasteiger partial charge in [-0.15, -0.1) is 0 Å². The predicted molar refractivity (Wildman–Crippen MR) is 100 cm³/mol. The minimum Gasteiger partial charge on any atom is -0.324 e. The van der Waals surface area contributed by atoms with Crippen LogP contribution in [-0.4, -0.2) is 15.5 Å². The Bertz CT molecular complexity index is 1010. The first-order valence-electron chi connectivity index (χ1n) is 8.02. The smallest absolute Gasteiger partial charge is 0.261 e. The molecule has 0 bridgehead atoms. The highest BCUT2D eigenvalue weighted by Gasteiger charge is 2.11. The number of para-hydroxylation sites is 1. The molecular formula is C19H18ClN3O2. The summed E-state index contributed by atoms with van der Waals surface area (Å²) in [6.07, 6.45) is 2.19. The highest BCUT2D eigenvalue weighted by atomic mass is 35.5. The number of nitrogens with zero attached hydrogens (tertiary/aromatic N) is 2. The lowest BCUT2D eigenvalue weighted by atomic mass is 10.1. The summed E-state index contributed by atoms with van der Waals surface area (Å²) in [5.41, 5.74) is 3.11. The Hall–Kier alpha value is -2.66. The van der Waals surface area contributed by atoms with Crippen molar-refractivity contribution in [2.75, 3.05) is 5.32 Å². The Balaban J connectivity index is 1.87. The third kappa shape index (κ3) is 3.56. The molecule has 0 radical (unpaired) electrons. The lowest BCUT2D eigenvalue weighted by Gasteiger charge is -2.13. The molecule has 3 aromatic rings. The highest BCUT2D eigenvalue weighted by molar-refractivity contribution is 6.31. The molecule has 5 nitrogen and oxygen atoms in total. The van der Waals surface area contributed by atoms with Crippen molar-refractivity contribution in [3.05, 3.63) is 69.2 Å². The van der Waals surface area contributed by atoms with Gasteiger partial charge < -0.3 is 5.32 Å². The molecule has 6 heteroatoms. The molecule has 0 unspecified atom stereocenters. The van der Waals surface area contributed by atoms with Crippen LogP contribution < -0.4 is 10.9 Å². The average molecular weight is 356 g/mol. The summed E-state index contributed by atoms with van der Waals surface area (Å²) >= 11 is 5.92. The van der Waals surface area contributed by atoms with Gasteiger partial charge in [0, 0.05) is 10.7 Å². The minimum absolute atomic E-state index is 0.0953. The number of carbonyl (C=O) groups is 1. The predicted octanol–water partition coefficient (Wildman–Crippen LogP) is 3.56. The molecular weight excluding hydrogens is 338 g/mol. The van der Waals surface area contributed by atoms with E-state index in [0.717, 1.165) is 23.2 Å². The number of carbonyl (C=O) groups excluding carboxylic acids is 1. The Morgan fingerprint density at radius 1 is 1.28 bits per heavy atom. The van der Waals surface area contributed by atoms with E-state index >= 15 is 0 Å². The van der Waals surface area contributed by atoms with E-state index in [2.05, 4.69) is 10.3 Å². The zero-order valence-corrected chi connectivity index (χ0v) is 14.8. The van der Waals surface area contributed by atoms with Crippen LogP contribution in [0.1, 0.15) is 18.1 Å². The lowest BCUT2D eigenvalue weighted by molar-refractivity contribution is -0.116. The van der Waals surface area contributed by atoms with Crippen molar-refractivity contribution < 1.29 is 4.79 Å². The molecule has 0 aliphatic carbocycles. The topological polar surface area (TPSA) is 64.0 Å². The number of halogens is 1. The van der Waals surface area contributed by atoms with Gasteiger partial charge in [-0.05, 0) is 42.7 Å². The quantitative estimate of drug-likeness (QED) is 0.778. The van der Waals surface area contributed by atoms with Gasteiger partial charge in [0.2, 0.25) is 5.91 Å². The second-order valence-electron chi connectivity index (χ2n) is 5.85. The maximum absolute atomic E-state index is 12.5. The summed E-state index contributed by atoms with van der Waals surface area (Å²) < 4.78 is 1.30. The number of anilines is 1. The number of hydrogen-bond acceptors (Lipinski definition) is 3. The maximum atomic E-state index is 12.5. The van der Waals surface area contributed by atoms with E-state index in [9.17, 15) is 9.59 Å². The van der Waals surface area contributed by atoms with Crippen LogP contribution in [0.25, 0.3) is 10.9 Å². The van der Waals surface area contributed by atoms with Gasteiger partial charge in [0.15, 0.2) is 0 Å². The Morgan fingerprint density at radius 2 is 2.08 bits per heavy atom. The van der Waals surface area contributed by atoms with Gasteiger partial charge in [0.05, 0.1) is 17.2 Å². The third-order valence-electron chi connectivity index (χ3n) is 4.11. The molecule has 1 amide bonds. The first-order valence-corrected chi connectivity index (χ1v) is 8.40. The first-order chi connectivity index (χ1) is 12.0. The van der Waals surface area contributed by atoms with Gasteiger partial charge in [-0.3, -0.25) is 14.2 Å². The van der Waals surface area contributed by atoms with Crippen LogP contribution in [-0.2, 0) is 17.8 Å². The molecule has 0 atom stereocenters. The third-order valence-corrected chi connectivity index (χ3v) is 4.34. The van der Waals surface area contributed by atoms with E-state index < -0.39 is 0 Å². The highest BCUT2D eigenvalue weighted by Crippen LogP contribution is 2.21. The first kappa shape index (κ1) is 17.2. The fourth-order valence-electron chi connectivity index (χ4n) is 2.78. The van der Waals surface area contributed by atoms with Gasteiger partial charge >= 0.3 is 0 Å². The Kier molecular flexibility index (Phi) is 4.86. The van der Waals surface area contributed by atoms with E-state index in [1.54, 1.807) is 18.2 Å². The molecule has 0 saturated heterocycles. The summed E-state index contributed by atoms with van der Waals surface area (Å²) in [5.74, 6) is -0.263. The average Bonchev–Trinajstić information content (AvgIpc) is 2.59. The number of aryl methyl sites for hydroxylation is 2. The molecule has 3 rings (SSSR count). The summed E-state index contributed by atoms with van der Waals surface area (Å²) in [6.45, 7) is 3.89. The Labute approximate surface area is 150 Å². The number of fused-ring (bicyclic) bond motifs is 1. The number of nitrogens with one attached hydrogen (secondary N) is 1. The van der Waals surface area contributed by atoms with Crippen molar-refractivity contribution in [2.45, 2.75) is 26.8 Å². The van der Waals surface area contributed by atoms with Crippen molar-refractivity contribution in [3.63, 3.8) is 0 Å². The summed E-state index contributed by atoms with van der Waals surface area (Å²) in [4.78, 5) is 29.2. The number of hydrogen-bond donors (Lipinski definition) is 1. The molecule has 0 aliphatic heterocycles. The lowest BCUT2D eigenvalue weighted by Crippen LogP contribution is -2.28. The summed E-state index contributed by atoms with van der Waals surface area (Å²) in [7, 11) is 0. The van der Waals surface area contributed by atoms with Crippen LogP contribution in [0.4, 0.5) is 5.69 Å². The van der Waals surface area contributed by atoms with E-state index in [0.29, 0.717) is 15.9 Å². The maximum Gasteiger partial charge on any atom is 0.261 e. The molecule has 0 fully saturated rings. The zero-order valence-electron chi connectivity index (χ0n) is 14.0. The molecule has 1 N–H and O–H groups in total. The second kappa shape index (κ2) is 7.07. The van der Waals surface area contributed by atoms with Crippen molar-refractivity contribution in [2.24, 2.45) is 0 Å².